The minimum absolute atomic E-state index is 0. The van der Waals surface area contributed by atoms with Crippen LogP contribution in [-0.4, -0.2) is 38.4 Å². The van der Waals surface area contributed by atoms with Gasteiger partial charge in [0.25, 0.3) is 0 Å². The van der Waals surface area contributed by atoms with Gasteiger partial charge in [-0.15, -0.1) is 12.4 Å². The summed E-state index contributed by atoms with van der Waals surface area (Å²) < 4.78 is 26.5. The molecule has 0 bridgehead atoms. The largest absolute Gasteiger partial charge is 0.314 e. The Morgan fingerprint density at radius 3 is 2.68 bits per heavy atom. The summed E-state index contributed by atoms with van der Waals surface area (Å²) in [6.07, 6.45) is 0. The molecule has 1 aliphatic heterocycles. The summed E-state index contributed by atoms with van der Waals surface area (Å²) in [5, 5.41) is 3.71. The Morgan fingerprint density at radius 2 is 2.05 bits per heavy atom. The third-order valence-electron chi connectivity index (χ3n) is 2.92. The van der Waals surface area contributed by atoms with E-state index in [1.165, 1.54) is 16.4 Å². The molecular weight excluding hydrogens is 331 g/mol. The molecule has 4 nitrogen and oxygen atoms in total. The van der Waals surface area contributed by atoms with Crippen LogP contribution >= 0.6 is 35.6 Å². The molecule has 2 rings (SSSR count). The minimum atomic E-state index is -3.59. The Balaban J connectivity index is 0.00000180. The van der Waals surface area contributed by atoms with Crippen molar-refractivity contribution >= 4 is 45.6 Å². The van der Waals surface area contributed by atoms with Crippen LogP contribution in [0.1, 0.15) is 6.92 Å². The van der Waals surface area contributed by atoms with Crippen molar-refractivity contribution in [1.82, 2.24) is 9.62 Å². The quantitative estimate of drug-likeness (QED) is 0.895. The van der Waals surface area contributed by atoms with Crippen LogP contribution in [0.3, 0.4) is 0 Å². The molecule has 1 atom stereocenters. The predicted octanol–water partition coefficient (Wildman–Crippen LogP) is 2.40. The maximum absolute atomic E-state index is 12.5. The normalized spacial score (nSPS) is 20.9. The lowest BCUT2D eigenvalue weighted by molar-refractivity contribution is 0.284. The standard InChI is InChI=1S/C11H14Cl2N2O2S.ClH/c1-8-7-14-4-5-15(8)18(16,17)11-6-9(12)2-3-10(11)13;/h2-3,6,8,14H,4-5,7H2,1H3;1H. The topological polar surface area (TPSA) is 49.4 Å². The van der Waals surface area contributed by atoms with E-state index in [-0.39, 0.29) is 28.4 Å². The Kier molecular flexibility index (Phi) is 5.92. The lowest BCUT2D eigenvalue weighted by Crippen LogP contribution is -2.52. The first-order chi connectivity index (χ1) is 8.43. The van der Waals surface area contributed by atoms with Crippen LogP contribution in [0, 0.1) is 0 Å². The number of rotatable bonds is 2. The van der Waals surface area contributed by atoms with E-state index < -0.39 is 10.0 Å². The summed E-state index contributed by atoms with van der Waals surface area (Å²) >= 11 is 11.8. The molecule has 1 aliphatic rings. The summed E-state index contributed by atoms with van der Waals surface area (Å²) in [6.45, 7) is 3.58. The van der Waals surface area contributed by atoms with E-state index in [0.717, 1.165) is 0 Å². The number of nitrogens with zero attached hydrogens (tertiary/aromatic N) is 1. The highest BCUT2D eigenvalue weighted by Crippen LogP contribution is 2.28. The number of hydrogen-bond acceptors (Lipinski definition) is 3. The third-order valence-corrected chi connectivity index (χ3v) is 5.65. The molecule has 108 valence electrons. The number of halogens is 3. The zero-order valence-corrected chi connectivity index (χ0v) is 13.4. The molecule has 0 saturated carbocycles. The number of sulfonamides is 1. The molecule has 0 aliphatic carbocycles. The summed E-state index contributed by atoms with van der Waals surface area (Å²) in [5.74, 6) is 0. The summed E-state index contributed by atoms with van der Waals surface area (Å²) in [7, 11) is -3.59. The molecule has 0 spiro atoms. The number of piperazine rings is 1. The van der Waals surface area contributed by atoms with Gasteiger partial charge in [0.05, 0.1) is 5.02 Å². The average molecular weight is 346 g/mol. The molecule has 1 N–H and O–H groups in total. The van der Waals surface area contributed by atoms with Crippen LogP contribution in [0.5, 0.6) is 0 Å². The van der Waals surface area contributed by atoms with Gasteiger partial charge in [-0.3, -0.25) is 0 Å². The van der Waals surface area contributed by atoms with E-state index in [9.17, 15) is 8.42 Å². The van der Waals surface area contributed by atoms with E-state index in [4.69, 9.17) is 23.2 Å². The lowest BCUT2D eigenvalue weighted by Gasteiger charge is -2.33. The van der Waals surface area contributed by atoms with Crippen molar-refractivity contribution in [2.24, 2.45) is 0 Å². The van der Waals surface area contributed by atoms with Crippen molar-refractivity contribution in [3.8, 4) is 0 Å². The van der Waals surface area contributed by atoms with Gasteiger partial charge in [-0.05, 0) is 25.1 Å². The number of benzene rings is 1. The molecule has 8 heteroatoms. The van der Waals surface area contributed by atoms with Gasteiger partial charge in [0, 0.05) is 30.7 Å². The van der Waals surface area contributed by atoms with Crippen molar-refractivity contribution in [2.75, 3.05) is 19.6 Å². The van der Waals surface area contributed by atoms with Crippen LogP contribution in [-0.2, 0) is 10.0 Å². The summed E-state index contributed by atoms with van der Waals surface area (Å²) in [5.41, 5.74) is 0. The van der Waals surface area contributed by atoms with Crippen molar-refractivity contribution in [3.05, 3.63) is 28.2 Å². The highest BCUT2D eigenvalue weighted by atomic mass is 35.5. The first-order valence-corrected chi connectivity index (χ1v) is 7.80. The van der Waals surface area contributed by atoms with Gasteiger partial charge in [-0.25, -0.2) is 8.42 Å². The van der Waals surface area contributed by atoms with Crippen molar-refractivity contribution in [1.29, 1.82) is 0 Å². The highest BCUT2D eigenvalue weighted by Gasteiger charge is 2.32. The molecule has 1 heterocycles. The van der Waals surface area contributed by atoms with Gasteiger partial charge in [-0.1, -0.05) is 23.2 Å². The van der Waals surface area contributed by atoms with Crippen LogP contribution in [0.25, 0.3) is 0 Å². The second kappa shape index (κ2) is 6.61. The molecular formula is C11H15Cl3N2O2S. The van der Waals surface area contributed by atoms with Gasteiger partial charge >= 0.3 is 0 Å². The average Bonchev–Trinajstić information content (AvgIpc) is 2.32. The van der Waals surface area contributed by atoms with Crippen LogP contribution < -0.4 is 5.32 Å². The summed E-state index contributed by atoms with van der Waals surface area (Å²) in [6, 6.07) is 4.38. The second-order valence-electron chi connectivity index (χ2n) is 4.24. The second-order valence-corrected chi connectivity index (χ2v) is 6.95. The Morgan fingerprint density at radius 1 is 1.37 bits per heavy atom. The van der Waals surface area contributed by atoms with Crippen LogP contribution in [0.4, 0.5) is 0 Å². The Labute approximate surface area is 129 Å². The fourth-order valence-electron chi connectivity index (χ4n) is 1.98. The molecule has 1 saturated heterocycles. The van der Waals surface area contributed by atoms with Gasteiger partial charge < -0.3 is 5.32 Å². The van der Waals surface area contributed by atoms with E-state index in [1.54, 1.807) is 6.07 Å². The van der Waals surface area contributed by atoms with Gasteiger partial charge in [0.2, 0.25) is 10.0 Å². The lowest BCUT2D eigenvalue weighted by atomic mass is 10.3. The molecule has 1 aromatic rings. The van der Waals surface area contributed by atoms with Crippen molar-refractivity contribution < 1.29 is 8.42 Å². The zero-order valence-electron chi connectivity index (χ0n) is 10.3. The van der Waals surface area contributed by atoms with E-state index in [0.29, 0.717) is 24.7 Å². The van der Waals surface area contributed by atoms with E-state index in [2.05, 4.69) is 5.32 Å². The van der Waals surface area contributed by atoms with Gasteiger partial charge in [0.15, 0.2) is 0 Å². The van der Waals surface area contributed by atoms with Gasteiger partial charge in [-0.2, -0.15) is 4.31 Å². The maximum Gasteiger partial charge on any atom is 0.244 e. The minimum Gasteiger partial charge on any atom is -0.314 e. The number of hydrogen-bond donors (Lipinski definition) is 1. The zero-order chi connectivity index (χ0) is 13.3. The Hall–Kier alpha value is -0.0400. The molecule has 1 aromatic carbocycles. The first kappa shape index (κ1) is 17.0. The molecule has 19 heavy (non-hydrogen) atoms. The first-order valence-electron chi connectivity index (χ1n) is 5.60. The van der Waals surface area contributed by atoms with E-state index >= 15 is 0 Å². The SMILES string of the molecule is CC1CNCCN1S(=O)(=O)c1cc(Cl)ccc1Cl.Cl. The molecule has 1 fully saturated rings. The third kappa shape index (κ3) is 3.54. The smallest absolute Gasteiger partial charge is 0.244 e. The molecule has 0 aromatic heterocycles. The maximum atomic E-state index is 12.5. The van der Waals surface area contributed by atoms with Crippen molar-refractivity contribution in [2.45, 2.75) is 17.9 Å². The van der Waals surface area contributed by atoms with Crippen molar-refractivity contribution in [3.63, 3.8) is 0 Å². The fourth-order valence-corrected chi connectivity index (χ4v) is 4.35. The van der Waals surface area contributed by atoms with Crippen LogP contribution in [0.15, 0.2) is 23.1 Å². The Bertz CT molecular complexity index is 551. The monoisotopic (exact) mass is 344 g/mol. The van der Waals surface area contributed by atoms with E-state index in [1.807, 2.05) is 6.92 Å². The molecule has 0 radical (unpaired) electrons. The fraction of sp³-hybridized carbons (Fsp3) is 0.455. The summed E-state index contributed by atoms with van der Waals surface area (Å²) in [4.78, 5) is 0.0745. The van der Waals surface area contributed by atoms with Crippen LogP contribution in [0.2, 0.25) is 10.0 Å². The van der Waals surface area contributed by atoms with Gasteiger partial charge in [0.1, 0.15) is 4.90 Å². The predicted molar refractivity (Wildman–Crippen MR) is 79.9 cm³/mol. The highest BCUT2D eigenvalue weighted by molar-refractivity contribution is 7.89. The number of nitrogens with one attached hydrogen (secondary N) is 1. The molecule has 1 unspecified atom stereocenters. The molecule has 0 amide bonds.